The number of rotatable bonds is 7. The standard InChI is InChI=1S/2C18H15P.C11H9O.ClH.Pd/c2*1-4-10-16(11-5-1)19(17-12-6-2-7-13-17)18-14-8-3-9-15-18;1-8-2-4-9(5-3-8)10-6-7-11(10)12;;/h2*1-15H;2-5H,7H2,1H3;1H;/p+1. The second-order valence-corrected chi connectivity index (χ2v) is 16.5. The Kier molecular flexibility index (Phi) is 16.6. The van der Waals surface area contributed by atoms with Gasteiger partial charge in [-0.1, -0.05) is 175 Å². The van der Waals surface area contributed by atoms with Crippen molar-refractivity contribution < 1.29 is 25.2 Å². The Bertz CT molecular complexity index is 1770. The van der Waals surface area contributed by atoms with Crippen LogP contribution in [-0.2, 0) is 25.2 Å². The van der Waals surface area contributed by atoms with Crippen molar-refractivity contribution in [3.8, 4) is 0 Å². The Morgan fingerprint density at radius 2 is 0.769 bits per heavy atom. The van der Waals surface area contributed by atoms with E-state index in [4.69, 9.17) is 0 Å². The quantitative estimate of drug-likeness (QED) is 0.116. The molecule has 0 heterocycles. The number of hydrogen-bond acceptors (Lipinski definition) is 1. The van der Waals surface area contributed by atoms with Crippen molar-refractivity contribution in [2.45, 2.75) is 13.3 Å². The van der Waals surface area contributed by atoms with Crippen molar-refractivity contribution in [3.63, 3.8) is 0 Å². The molecule has 0 atom stereocenters. The van der Waals surface area contributed by atoms with E-state index in [1.807, 2.05) is 31.2 Å². The maximum absolute atomic E-state index is 11.0. The first-order valence-corrected chi connectivity index (χ1v) is 19.7. The van der Waals surface area contributed by atoms with Gasteiger partial charge >= 0.3 is 0 Å². The number of carbonyl (C=O) groups excluding carboxylic acids is 1. The average molecular weight is 826 g/mol. The van der Waals surface area contributed by atoms with Gasteiger partial charge in [-0.25, -0.2) is 0 Å². The van der Waals surface area contributed by atoms with Gasteiger partial charge in [0.1, 0.15) is 15.9 Å². The molecule has 261 valence electrons. The molecule has 0 saturated carbocycles. The summed E-state index contributed by atoms with van der Waals surface area (Å²) >= 11 is 0. The summed E-state index contributed by atoms with van der Waals surface area (Å²) in [6.07, 6.45) is 3.49. The topological polar surface area (TPSA) is 17.1 Å². The van der Waals surface area contributed by atoms with Gasteiger partial charge in [0.05, 0.1) is 7.92 Å². The number of allylic oxidation sites excluding steroid dienone is 2. The van der Waals surface area contributed by atoms with Gasteiger partial charge in [0.25, 0.3) is 0 Å². The molecule has 1 radical (unpaired) electrons. The maximum atomic E-state index is 11.0. The zero-order valence-corrected chi connectivity index (χ0v) is 33.2. The molecule has 0 saturated heterocycles. The second kappa shape index (κ2) is 21.3. The fourth-order valence-electron chi connectivity index (χ4n) is 5.73. The summed E-state index contributed by atoms with van der Waals surface area (Å²) in [5.74, 6) is 0.207. The Morgan fingerprint density at radius 1 is 0.462 bits per heavy atom. The molecule has 5 heteroatoms. The SMILES string of the molecule is Cc1ccc(C2=[C]CC2=O)cc1.Cl.[Pd].c1ccc(P(c2ccccc2)c2ccccc2)cc1.c1ccc([PH+](c2ccccc2)c2ccccc2)cc1. The Morgan fingerprint density at radius 3 is 1.04 bits per heavy atom. The molecule has 1 aliphatic carbocycles. The summed E-state index contributed by atoms with van der Waals surface area (Å²) in [6, 6.07) is 72.8. The molecule has 0 aromatic heterocycles. The summed E-state index contributed by atoms with van der Waals surface area (Å²) in [7, 11) is -1.32. The number of hydrogen-bond donors (Lipinski definition) is 0. The first-order valence-electron chi connectivity index (χ1n) is 16.9. The van der Waals surface area contributed by atoms with Crippen LogP contribution in [0.3, 0.4) is 0 Å². The fourth-order valence-corrected chi connectivity index (χ4v) is 10.6. The minimum absolute atomic E-state index is 0. The van der Waals surface area contributed by atoms with Crippen LogP contribution in [0.25, 0.3) is 5.57 Å². The summed E-state index contributed by atoms with van der Waals surface area (Å²) in [5, 5.41) is 8.50. The van der Waals surface area contributed by atoms with E-state index in [1.54, 1.807) is 0 Å². The van der Waals surface area contributed by atoms with E-state index in [2.05, 4.69) is 188 Å². The van der Waals surface area contributed by atoms with E-state index in [9.17, 15) is 4.79 Å². The molecule has 0 unspecified atom stereocenters. The molecule has 0 fully saturated rings. The van der Waals surface area contributed by atoms with Gasteiger partial charge in [0.15, 0.2) is 5.78 Å². The summed E-state index contributed by atoms with van der Waals surface area (Å²) < 4.78 is 0. The minimum Gasteiger partial charge on any atom is -0.294 e. The van der Waals surface area contributed by atoms with Crippen LogP contribution in [0.4, 0.5) is 0 Å². The number of benzene rings is 7. The van der Waals surface area contributed by atoms with Crippen molar-refractivity contribution in [1.82, 2.24) is 0 Å². The molecular formula is C47H41ClOP2Pd+. The number of ketones is 1. The number of Topliss-reactive ketones (excluding diaryl/α,β-unsaturated/α-hetero) is 1. The molecule has 0 amide bonds. The smallest absolute Gasteiger partial charge is 0.168 e. The van der Waals surface area contributed by atoms with Gasteiger partial charge in [-0.15, -0.1) is 12.4 Å². The van der Waals surface area contributed by atoms with Crippen LogP contribution >= 0.6 is 28.3 Å². The molecule has 0 spiro atoms. The molecule has 7 aromatic rings. The molecule has 0 N–H and O–H groups in total. The van der Waals surface area contributed by atoms with Crippen LogP contribution in [0.1, 0.15) is 17.5 Å². The van der Waals surface area contributed by atoms with E-state index in [0.717, 1.165) is 11.1 Å². The van der Waals surface area contributed by atoms with Crippen molar-refractivity contribution in [2.75, 3.05) is 0 Å². The van der Waals surface area contributed by atoms with Crippen LogP contribution in [0.5, 0.6) is 0 Å². The molecule has 52 heavy (non-hydrogen) atoms. The van der Waals surface area contributed by atoms with Gasteiger partial charge in [-0.05, 0) is 78.8 Å². The molecule has 7 aromatic carbocycles. The summed E-state index contributed by atoms with van der Waals surface area (Å²) in [6.45, 7) is 2.03. The number of carbonyl (C=O) groups is 1. The van der Waals surface area contributed by atoms with Crippen LogP contribution in [0, 0.1) is 13.0 Å². The zero-order valence-electron chi connectivity index (χ0n) is 28.9. The van der Waals surface area contributed by atoms with Gasteiger partial charge in [-0.3, -0.25) is 4.79 Å². The summed E-state index contributed by atoms with van der Waals surface area (Å²) in [5.41, 5.74) is 2.97. The predicted octanol–water partition coefficient (Wildman–Crippen LogP) is 9.20. The van der Waals surface area contributed by atoms with Gasteiger partial charge < -0.3 is 0 Å². The molecule has 1 aliphatic rings. The monoisotopic (exact) mass is 824 g/mol. The van der Waals surface area contributed by atoms with Crippen LogP contribution in [-0.4, -0.2) is 5.78 Å². The van der Waals surface area contributed by atoms with E-state index >= 15 is 0 Å². The Balaban J connectivity index is 0.000000176. The molecule has 0 aliphatic heterocycles. The molecule has 8 rings (SSSR count). The normalized spacial score (nSPS) is 11.3. The van der Waals surface area contributed by atoms with Crippen molar-refractivity contribution in [3.05, 3.63) is 223 Å². The van der Waals surface area contributed by atoms with Crippen LogP contribution in [0.2, 0.25) is 0 Å². The average Bonchev–Trinajstić information content (AvgIpc) is 3.18. The third-order valence-corrected chi connectivity index (χ3v) is 13.5. The fraction of sp³-hybridized carbons (Fsp3) is 0.0426. The zero-order chi connectivity index (χ0) is 34.4. The third kappa shape index (κ3) is 11.1. The van der Waals surface area contributed by atoms with Crippen LogP contribution in [0.15, 0.2) is 206 Å². The molecular weight excluding hydrogens is 784 g/mol. The van der Waals surface area contributed by atoms with Gasteiger partial charge in [0.2, 0.25) is 0 Å². The number of aryl methyl sites for hydroxylation is 1. The second-order valence-electron chi connectivity index (χ2n) is 11.8. The Labute approximate surface area is 331 Å². The van der Waals surface area contributed by atoms with E-state index in [0.29, 0.717) is 6.42 Å². The first kappa shape index (κ1) is 40.5. The van der Waals surface area contributed by atoms with Crippen LogP contribution < -0.4 is 31.8 Å². The first-order chi connectivity index (χ1) is 24.7. The maximum Gasteiger partial charge on any atom is 0.168 e. The molecule has 0 bridgehead atoms. The van der Waals surface area contributed by atoms with E-state index < -0.39 is 15.8 Å². The Hall–Kier alpha value is -4.24. The summed E-state index contributed by atoms with van der Waals surface area (Å²) in [4.78, 5) is 11.0. The van der Waals surface area contributed by atoms with Crippen molar-refractivity contribution in [2.24, 2.45) is 0 Å². The van der Waals surface area contributed by atoms with Crippen molar-refractivity contribution in [1.29, 1.82) is 0 Å². The van der Waals surface area contributed by atoms with E-state index in [-0.39, 0.29) is 38.6 Å². The largest absolute Gasteiger partial charge is 0.294 e. The van der Waals surface area contributed by atoms with Crippen molar-refractivity contribution >= 4 is 71.4 Å². The van der Waals surface area contributed by atoms with Gasteiger partial charge in [-0.2, -0.15) is 0 Å². The van der Waals surface area contributed by atoms with E-state index in [1.165, 1.54) is 37.4 Å². The van der Waals surface area contributed by atoms with Gasteiger partial charge in [0, 0.05) is 32.4 Å². The molecule has 1 nitrogen and oxygen atoms in total. The number of halogens is 1. The minimum atomic E-state index is -0.877. The predicted molar refractivity (Wildman–Crippen MR) is 226 cm³/mol. The third-order valence-electron chi connectivity index (χ3n) is 8.28.